The molecule has 0 aliphatic carbocycles. The maximum atomic E-state index is 11.9. The van der Waals surface area contributed by atoms with Gasteiger partial charge in [0.1, 0.15) is 11.9 Å². The summed E-state index contributed by atoms with van der Waals surface area (Å²) in [6.45, 7) is 3.59. The van der Waals surface area contributed by atoms with Gasteiger partial charge in [0.2, 0.25) is 0 Å². The summed E-state index contributed by atoms with van der Waals surface area (Å²) >= 11 is 0. The molecule has 0 saturated heterocycles. The number of hydrogen-bond donors (Lipinski definition) is 1. The molecule has 19 heavy (non-hydrogen) atoms. The molecule has 0 fully saturated rings. The number of ether oxygens (including phenoxy) is 1. The van der Waals surface area contributed by atoms with Gasteiger partial charge >= 0.3 is 5.97 Å². The van der Waals surface area contributed by atoms with Crippen molar-refractivity contribution in [3.8, 4) is 0 Å². The highest BCUT2D eigenvalue weighted by atomic mass is 16.5. The molecule has 1 N–H and O–H groups in total. The Labute approximate surface area is 112 Å². The van der Waals surface area contributed by atoms with Gasteiger partial charge in [0.05, 0.1) is 12.2 Å². The van der Waals surface area contributed by atoms with Crippen LogP contribution in [0.15, 0.2) is 18.3 Å². The Balaban J connectivity index is 2.65. The molecule has 104 valence electrons. The van der Waals surface area contributed by atoms with Crippen LogP contribution in [0.5, 0.6) is 0 Å². The number of anilines is 1. The standard InChI is InChI=1S/C13H19N3O3/c1-5-19-13(18)9(2)15-12(17)10-6-7-11(14-8-10)16(3)4/h6-9H,5H2,1-4H3,(H,15,17). The molecule has 0 aliphatic heterocycles. The molecule has 1 heterocycles. The van der Waals surface area contributed by atoms with Crippen LogP contribution < -0.4 is 10.2 Å². The number of rotatable bonds is 5. The van der Waals surface area contributed by atoms with Crippen molar-refractivity contribution in [1.82, 2.24) is 10.3 Å². The average molecular weight is 265 g/mol. The van der Waals surface area contributed by atoms with Crippen molar-refractivity contribution in [1.29, 1.82) is 0 Å². The third-order valence-corrected chi connectivity index (χ3v) is 2.46. The van der Waals surface area contributed by atoms with Crippen LogP contribution >= 0.6 is 0 Å². The largest absolute Gasteiger partial charge is 0.464 e. The molecule has 1 unspecified atom stereocenters. The van der Waals surface area contributed by atoms with Gasteiger partial charge in [-0.05, 0) is 26.0 Å². The second-order valence-corrected chi connectivity index (χ2v) is 4.25. The highest BCUT2D eigenvalue weighted by Crippen LogP contribution is 2.07. The first kappa shape index (κ1) is 14.9. The highest BCUT2D eigenvalue weighted by Gasteiger charge is 2.17. The third kappa shape index (κ3) is 4.24. The SMILES string of the molecule is CCOC(=O)C(C)NC(=O)c1ccc(N(C)C)nc1. The van der Waals surface area contributed by atoms with Crippen LogP contribution in [-0.2, 0) is 9.53 Å². The molecule has 0 bridgehead atoms. The maximum Gasteiger partial charge on any atom is 0.328 e. The first-order chi connectivity index (χ1) is 8.95. The number of hydrogen-bond acceptors (Lipinski definition) is 5. The lowest BCUT2D eigenvalue weighted by molar-refractivity contribution is -0.144. The normalized spacial score (nSPS) is 11.6. The number of pyridine rings is 1. The summed E-state index contributed by atoms with van der Waals surface area (Å²) in [5.74, 6) is -0.0397. The van der Waals surface area contributed by atoms with Gasteiger partial charge in [-0.25, -0.2) is 9.78 Å². The quantitative estimate of drug-likeness (QED) is 0.798. The van der Waals surface area contributed by atoms with Crippen LogP contribution in [0.2, 0.25) is 0 Å². The van der Waals surface area contributed by atoms with Crippen molar-refractivity contribution in [2.45, 2.75) is 19.9 Å². The fraction of sp³-hybridized carbons (Fsp3) is 0.462. The average Bonchev–Trinajstić information content (AvgIpc) is 2.38. The predicted octanol–water partition coefficient (Wildman–Crippen LogP) is 0.829. The van der Waals surface area contributed by atoms with E-state index < -0.39 is 12.0 Å². The molecule has 1 aromatic heterocycles. The number of nitrogens with zero attached hydrogens (tertiary/aromatic N) is 2. The summed E-state index contributed by atoms with van der Waals surface area (Å²) in [4.78, 5) is 29.2. The monoisotopic (exact) mass is 265 g/mol. The third-order valence-electron chi connectivity index (χ3n) is 2.46. The van der Waals surface area contributed by atoms with E-state index in [1.807, 2.05) is 19.0 Å². The molecule has 6 heteroatoms. The Morgan fingerprint density at radius 1 is 1.42 bits per heavy atom. The molecule has 0 saturated carbocycles. The second kappa shape index (κ2) is 6.72. The minimum atomic E-state index is -0.680. The van der Waals surface area contributed by atoms with Crippen molar-refractivity contribution >= 4 is 17.7 Å². The number of nitrogens with one attached hydrogen (secondary N) is 1. The summed E-state index contributed by atoms with van der Waals surface area (Å²) in [5, 5.41) is 2.56. The molecule has 1 rings (SSSR count). The molecule has 1 amide bonds. The first-order valence-corrected chi connectivity index (χ1v) is 6.06. The van der Waals surface area contributed by atoms with Crippen LogP contribution in [-0.4, -0.2) is 43.6 Å². The minimum Gasteiger partial charge on any atom is -0.464 e. The van der Waals surface area contributed by atoms with Gasteiger partial charge in [-0.15, -0.1) is 0 Å². The lowest BCUT2D eigenvalue weighted by Gasteiger charge is -2.13. The van der Waals surface area contributed by atoms with E-state index in [4.69, 9.17) is 4.74 Å². The van der Waals surface area contributed by atoms with Crippen LogP contribution in [0, 0.1) is 0 Å². The Morgan fingerprint density at radius 3 is 2.58 bits per heavy atom. The molecular weight excluding hydrogens is 246 g/mol. The van der Waals surface area contributed by atoms with E-state index in [0.29, 0.717) is 5.56 Å². The van der Waals surface area contributed by atoms with Crippen molar-refractivity contribution in [2.24, 2.45) is 0 Å². The van der Waals surface area contributed by atoms with Crippen molar-refractivity contribution < 1.29 is 14.3 Å². The van der Waals surface area contributed by atoms with E-state index in [1.165, 1.54) is 6.20 Å². The Bertz CT molecular complexity index is 443. The number of esters is 1. The van der Waals surface area contributed by atoms with Crippen molar-refractivity contribution in [3.05, 3.63) is 23.9 Å². The number of carbonyl (C=O) groups excluding carboxylic acids is 2. The molecule has 0 radical (unpaired) electrons. The maximum absolute atomic E-state index is 11.9. The van der Waals surface area contributed by atoms with Crippen LogP contribution in [0.4, 0.5) is 5.82 Å². The van der Waals surface area contributed by atoms with E-state index in [2.05, 4.69) is 10.3 Å². The molecule has 1 aromatic rings. The van der Waals surface area contributed by atoms with Crippen molar-refractivity contribution in [2.75, 3.05) is 25.6 Å². The van der Waals surface area contributed by atoms with E-state index in [9.17, 15) is 9.59 Å². The zero-order valence-electron chi connectivity index (χ0n) is 11.6. The van der Waals surface area contributed by atoms with E-state index in [1.54, 1.807) is 26.0 Å². The lowest BCUT2D eigenvalue weighted by Crippen LogP contribution is -2.39. The minimum absolute atomic E-state index is 0.290. The summed E-state index contributed by atoms with van der Waals surface area (Å²) in [7, 11) is 3.73. The van der Waals surface area contributed by atoms with Crippen LogP contribution in [0.3, 0.4) is 0 Å². The van der Waals surface area contributed by atoms with Crippen molar-refractivity contribution in [3.63, 3.8) is 0 Å². The Hall–Kier alpha value is -2.11. The molecule has 6 nitrogen and oxygen atoms in total. The van der Waals surface area contributed by atoms with Gasteiger partial charge in [-0.3, -0.25) is 4.79 Å². The van der Waals surface area contributed by atoms with Gasteiger partial charge in [-0.1, -0.05) is 0 Å². The zero-order valence-corrected chi connectivity index (χ0v) is 11.6. The molecule has 1 atom stereocenters. The van der Waals surface area contributed by atoms with Crippen LogP contribution in [0.25, 0.3) is 0 Å². The number of carbonyl (C=O) groups is 2. The highest BCUT2D eigenvalue weighted by molar-refractivity contribution is 5.96. The smallest absolute Gasteiger partial charge is 0.328 e. The molecule has 0 aliphatic rings. The van der Waals surface area contributed by atoms with Gasteiger partial charge < -0.3 is 15.0 Å². The summed E-state index contributed by atoms with van der Waals surface area (Å²) < 4.78 is 4.82. The summed E-state index contributed by atoms with van der Waals surface area (Å²) in [5.41, 5.74) is 0.404. The van der Waals surface area contributed by atoms with Gasteiger partial charge in [0.25, 0.3) is 5.91 Å². The number of amides is 1. The van der Waals surface area contributed by atoms with Gasteiger partial charge in [-0.2, -0.15) is 0 Å². The van der Waals surface area contributed by atoms with E-state index in [-0.39, 0.29) is 12.5 Å². The van der Waals surface area contributed by atoms with E-state index >= 15 is 0 Å². The summed E-state index contributed by atoms with van der Waals surface area (Å²) in [6, 6.07) is 2.72. The van der Waals surface area contributed by atoms with Gasteiger partial charge in [0, 0.05) is 20.3 Å². The first-order valence-electron chi connectivity index (χ1n) is 6.06. The van der Waals surface area contributed by atoms with Crippen LogP contribution in [0.1, 0.15) is 24.2 Å². The molecule has 0 spiro atoms. The van der Waals surface area contributed by atoms with Gasteiger partial charge in [0.15, 0.2) is 0 Å². The zero-order chi connectivity index (χ0) is 14.4. The lowest BCUT2D eigenvalue weighted by atomic mass is 10.2. The van der Waals surface area contributed by atoms with E-state index in [0.717, 1.165) is 5.82 Å². The predicted molar refractivity (Wildman–Crippen MR) is 72.1 cm³/mol. The Kier molecular flexibility index (Phi) is 5.29. The topological polar surface area (TPSA) is 71.5 Å². The molecule has 0 aromatic carbocycles. The summed E-state index contributed by atoms with van der Waals surface area (Å²) in [6.07, 6.45) is 1.47. The fourth-order valence-electron chi connectivity index (χ4n) is 1.39. The number of aromatic nitrogens is 1. The fourth-order valence-corrected chi connectivity index (χ4v) is 1.39. The second-order valence-electron chi connectivity index (χ2n) is 4.25. The Morgan fingerprint density at radius 2 is 2.11 bits per heavy atom. The molecular formula is C13H19N3O3.